The fourth-order valence-corrected chi connectivity index (χ4v) is 2.58. The lowest BCUT2D eigenvalue weighted by molar-refractivity contribution is 0.0139. The van der Waals surface area contributed by atoms with Gasteiger partial charge in [-0.15, -0.1) is 0 Å². The molecule has 0 unspecified atom stereocenters. The van der Waals surface area contributed by atoms with Crippen molar-refractivity contribution < 1.29 is 9.53 Å². The quantitative estimate of drug-likeness (QED) is 0.840. The molecule has 1 aliphatic rings. The third-order valence-electron chi connectivity index (χ3n) is 4.00. The minimum Gasteiger partial charge on any atom is -0.444 e. The van der Waals surface area contributed by atoms with Gasteiger partial charge in [0.1, 0.15) is 5.60 Å². The molecule has 0 aromatic heterocycles. The number of rotatable bonds is 2. The van der Waals surface area contributed by atoms with E-state index in [0.717, 1.165) is 32.7 Å². The topological polar surface area (TPSA) is 32.8 Å². The van der Waals surface area contributed by atoms with Crippen molar-refractivity contribution >= 4 is 6.09 Å². The summed E-state index contributed by atoms with van der Waals surface area (Å²) in [6.45, 7) is 14.2. The second-order valence-electron chi connectivity index (χ2n) is 7.16. The molecular formula is C18H28N2O2. The summed E-state index contributed by atoms with van der Waals surface area (Å²) in [6.07, 6.45) is -0.196. The molecule has 0 radical (unpaired) electrons. The van der Waals surface area contributed by atoms with E-state index in [1.165, 1.54) is 16.7 Å². The predicted octanol–water partition coefficient (Wildman–Crippen LogP) is 3.36. The highest BCUT2D eigenvalue weighted by Gasteiger charge is 2.25. The van der Waals surface area contributed by atoms with Gasteiger partial charge in [-0.2, -0.15) is 0 Å². The van der Waals surface area contributed by atoms with Crippen molar-refractivity contribution in [3.63, 3.8) is 0 Å². The summed E-state index contributed by atoms with van der Waals surface area (Å²) in [5, 5.41) is 0. The number of nitrogens with zero attached hydrogens (tertiary/aromatic N) is 2. The SMILES string of the molecule is Cc1ccc(CN2CCN(C(=O)OC(C)(C)C)CC2)cc1C. The van der Waals surface area contributed by atoms with E-state index in [2.05, 4.69) is 36.9 Å². The number of amides is 1. The maximum atomic E-state index is 12.0. The fraction of sp³-hybridized carbons (Fsp3) is 0.611. The van der Waals surface area contributed by atoms with Crippen LogP contribution in [0.4, 0.5) is 4.79 Å². The predicted molar refractivity (Wildman–Crippen MR) is 89.0 cm³/mol. The molecule has 1 aliphatic heterocycles. The molecule has 1 fully saturated rings. The summed E-state index contributed by atoms with van der Waals surface area (Å²) >= 11 is 0. The standard InChI is InChI=1S/C18H28N2O2/c1-14-6-7-16(12-15(14)2)13-19-8-10-20(11-9-19)17(21)22-18(3,4)5/h6-7,12H,8-11,13H2,1-5H3. The molecule has 4 heteroatoms. The van der Waals surface area contributed by atoms with Crippen LogP contribution in [0.25, 0.3) is 0 Å². The average molecular weight is 304 g/mol. The Balaban J connectivity index is 1.84. The monoisotopic (exact) mass is 304 g/mol. The first-order valence-electron chi connectivity index (χ1n) is 8.01. The number of hydrogen-bond acceptors (Lipinski definition) is 3. The van der Waals surface area contributed by atoms with E-state index < -0.39 is 5.60 Å². The lowest BCUT2D eigenvalue weighted by Crippen LogP contribution is -2.49. The van der Waals surface area contributed by atoms with E-state index in [1.807, 2.05) is 25.7 Å². The van der Waals surface area contributed by atoms with Crippen LogP contribution in [0.1, 0.15) is 37.5 Å². The van der Waals surface area contributed by atoms with Crippen LogP contribution in [0, 0.1) is 13.8 Å². The number of benzene rings is 1. The number of aryl methyl sites for hydroxylation is 2. The van der Waals surface area contributed by atoms with Gasteiger partial charge >= 0.3 is 6.09 Å². The van der Waals surface area contributed by atoms with E-state index >= 15 is 0 Å². The van der Waals surface area contributed by atoms with E-state index in [4.69, 9.17) is 4.74 Å². The van der Waals surface area contributed by atoms with Crippen molar-refractivity contribution in [2.75, 3.05) is 26.2 Å². The average Bonchev–Trinajstić information content (AvgIpc) is 2.42. The van der Waals surface area contributed by atoms with Crippen LogP contribution < -0.4 is 0 Å². The molecular weight excluding hydrogens is 276 g/mol. The Hall–Kier alpha value is -1.55. The Morgan fingerprint density at radius 3 is 2.27 bits per heavy atom. The van der Waals surface area contributed by atoms with Gasteiger partial charge in [0.25, 0.3) is 0 Å². The van der Waals surface area contributed by atoms with Crippen LogP contribution in [-0.2, 0) is 11.3 Å². The molecule has 1 aromatic rings. The van der Waals surface area contributed by atoms with Gasteiger partial charge in [-0.3, -0.25) is 4.90 Å². The lowest BCUT2D eigenvalue weighted by Gasteiger charge is -2.35. The maximum absolute atomic E-state index is 12.0. The van der Waals surface area contributed by atoms with Gasteiger partial charge in [-0.1, -0.05) is 18.2 Å². The zero-order chi connectivity index (χ0) is 16.3. The molecule has 0 bridgehead atoms. The Morgan fingerprint density at radius 1 is 1.09 bits per heavy atom. The van der Waals surface area contributed by atoms with Gasteiger partial charge in [0.15, 0.2) is 0 Å². The van der Waals surface area contributed by atoms with E-state index in [-0.39, 0.29) is 6.09 Å². The molecule has 0 saturated carbocycles. The van der Waals surface area contributed by atoms with Crippen LogP contribution in [0.15, 0.2) is 18.2 Å². The second kappa shape index (κ2) is 6.69. The van der Waals surface area contributed by atoms with E-state index in [9.17, 15) is 4.79 Å². The van der Waals surface area contributed by atoms with Gasteiger partial charge in [0.2, 0.25) is 0 Å². The number of carbonyl (C=O) groups is 1. The minimum absolute atomic E-state index is 0.196. The van der Waals surface area contributed by atoms with Crippen LogP contribution in [-0.4, -0.2) is 47.7 Å². The van der Waals surface area contributed by atoms with Crippen molar-refractivity contribution in [2.24, 2.45) is 0 Å². The van der Waals surface area contributed by atoms with Crippen molar-refractivity contribution in [3.8, 4) is 0 Å². The number of piperazine rings is 1. The highest BCUT2D eigenvalue weighted by molar-refractivity contribution is 5.68. The third kappa shape index (κ3) is 4.73. The molecule has 1 amide bonds. The van der Waals surface area contributed by atoms with Crippen LogP contribution in [0.3, 0.4) is 0 Å². The van der Waals surface area contributed by atoms with Gasteiger partial charge in [0.05, 0.1) is 0 Å². The molecule has 0 spiro atoms. The number of hydrogen-bond donors (Lipinski definition) is 0. The maximum Gasteiger partial charge on any atom is 0.410 e. The summed E-state index contributed by atoms with van der Waals surface area (Å²) in [5.74, 6) is 0. The summed E-state index contributed by atoms with van der Waals surface area (Å²) in [7, 11) is 0. The molecule has 2 rings (SSSR count). The summed E-state index contributed by atoms with van der Waals surface area (Å²) in [6, 6.07) is 6.64. The molecule has 0 N–H and O–H groups in total. The van der Waals surface area contributed by atoms with Crippen molar-refractivity contribution in [3.05, 3.63) is 34.9 Å². The van der Waals surface area contributed by atoms with Gasteiger partial charge < -0.3 is 9.64 Å². The first-order chi connectivity index (χ1) is 10.2. The van der Waals surface area contributed by atoms with Gasteiger partial charge in [-0.25, -0.2) is 4.79 Å². The molecule has 1 saturated heterocycles. The molecule has 122 valence electrons. The lowest BCUT2D eigenvalue weighted by atomic mass is 10.1. The van der Waals surface area contributed by atoms with Gasteiger partial charge in [-0.05, 0) is 51.3 Å². The number of ether oxygens (including phenoxy) is 1. The molecule has 0 aliphatic carbocycles. The normalized spacial score (nSPS) is 16.7. The molecule has 0 atom stereocenters. The zero-order valence-corrected chi connectivity index (χ0v) is 14.5. The highest BCUT2D eigenvalue weighted by Crippen LogP contribution is 2.15. The fourth-order valence-electron chi connectivity index (χ4n) is 2.58. The van der Waals surface area contributed by atoms with Crippen LogP contribution in [0.2, 0.25) is 0 Å². The largest absolute Gasteiger partial charge is 0.444 e. The third-order valence-corrected chi connectivity index (χ3v) is 4.00. The summed E-state index contributed by atoms with van der Waals surface area (Å²) in [5.41, 5.74) is 3.59. The summed E-state index contributed by atoms with van der Waals surface area (Å²) in [4.78, 5) is 16.2. The molecule has 1 heterocycles. The number of carbonyl (C=O) groups excluding carboxylic acids is 1. The van der Waals surface area contributed by atoms with E-state index in [1.54, 1.807) is 0 Å². The highest BCUT2D eigenvalue weighted by atomic mass is 16.6. The second-order valence-corrected chi connectivity index (χ2v) is 7.16. The van der Waals surface area contributed by atoms with Crippen molar-refractivity contribution in [1.29, 1.82) is 0 Å². The first kappa shape index (κ1) is 16.8. The molecule has 4 nitrogen and oxygen atoms in total. The van der Waals surface area contributed by atoms with Crippen molar-refractivity contribution in [1.82, 2.24) is 9.80 Å². The minimum atomic E-state index is -0.423. The molecule has 1 aromatic carbocycles. The smallest absolute Gasteiger partial charge is 0.410 e. The van der Waals surface area contributed by atoms with Crippen molar-refractivity contribution in [2.45, 2.75) is 46.8 Å². The zero-order valence-electron chi connectivity index (χ0n) is 14.5. The van der Waals surface area contributed by atoms with Crippen LogP contribution in [0.5, 0.6) is 0 Å². The Labute approximate surface area is 134 Å². The van der Waals surface area contributed by atoms with E-state index in [0.29, 0.717) is 0 Å². The Kier molecular flexibility index (Phi) is 5.12. The summed E-state index contributed by atoms with van der Waals surface area (Å²) < 4.78 is 5.43. The Morgan fingerprint density at radius 2 is 1.73 bits per heavy atom. The van der Waals surface area contributed by atoms with Crippen LogP contribution >= 0.6 is 0 Å². The molecule has 22 heavy (non-hydrogen) atoms. The Bertz CT molecular complexity index is 526. The van der Waals surface area contributed by atoms with Gasteiger partial charge in [0, 0.05) is 32.7 Å². The first-order valence-corrected chi connectivity index (χ1v) is 8.01.